The zero-order valence-corrected chi connectivity index (χ0v) is 27.6. The average molecular weight is 658 g/mol. The molecular formula is C45H27N3OS. The molecule has 10 aromatic rings. The van der Waals surface area contributed by atoms with Crippen LogP contribution in [0, 0.1) is 0 Å². The van der Waals surface area contributed by atoms with Gasteiger partial charge in [-0.15, -0.1) is 11.3 Å². The Bertz CT molecular complexity index is 2890. The lowest BCUT2D eigenvalue weighted by Gasteiger charge is -2.14. The van der Waals surface area contributed by atoms with Crippen molar-refractivity contribution in [2.45, 2.75) is 0 Å². The molecule has 3 heterocycles. The van der Waals surface area contributed by atoms with Crippen LogP contribution in [0.3, 0.4) is 0 Å². The fourth-order valence-corrected chi connectivity index (χ4v) is 8.24. The summed E-state index contributed by atoms with van der Waals surface area (Å²) in [6.07, 6.45) is 0. The summed E-state index contributed by atoms with van der Waals surface area (Å²) in [6, 6.07) is 56.7. The minimum Gasteiger partial charge on any atom is -0.456 e. The van der Waals surface area contributed by atoms with Crippen LogP contribution in [-0.4, -0.2) is 15.0 Å². The van der Waals surface area contributed by atoms with Crippen LogP contribution in [-0.2, 0) is 0 Å². The van der Waals surface area contributed by atoms with E-state index < -0.39 is 0 Å². The first-order valence-corrected chi connectivity index (χ1v) is 17.4. The molecule has 3 aromatic heterocycles. The second kappa shape index (κ2) is 11.6. The third-order valence-corrected chi connectivity index (χ3v) is 10.6. The summed E-state index contributed by atoms with van der Waals surface area (Å²) in [5.41, 5.74) is 8.92. The van der Waals surface area contributed by atoms with Gasteiger partial charge in [0.2, 0.25) is 0 Å². The Labute approximate surface area is 292 Å². The predicted molar refractivity (Wildman–Crippen MR) is 207 cm³/mol. The number of rotatable bonds is 5. The molecule has 0 saturated heterocycles. The minimum atomic E-state index is 0.624. The van der Waals surface area contributed by atoms with E-state index in [0.717, 1.165) is 60.9 Å². The largest absolute Gasteiger partial charge is 0.456 e. The normalized spacial score (nSPS) is 11.6. The average Bonchev–Trinajstić information content (AvgIpc) is 3.76. The van der Waals surface area contributed by atoms with E-state index in [9.17, 15) is 0 Å². The van der Waals surface area contributed by atoms with Crippen LogP contribution in [0.25, 0.3) is 98.5 Å². The molecule has 0 amide bonds. The van der Waals surface area contributed by atoms with Crippen LogP contribution >= 0.6 is 11.3 Å². The highest BCUT2D eigenvalue weighted by Gasteiger charge is 2.20. The Balaban J connectivity index is 1.22. The van der Waals surface area contributed by atoms with E-state index in [1.807, 2.05) is 18.2 Å². The molecule has 0 unspecified atom stereocenters. The van der Waals surface area contributed by atoms with Gasteiger partial charge in [0, 0.05) is 47.6 Å². The summed E-state index contributed by atoms with van der Waals surface area (Å²) in [6.45, 7) is 0. The van der Waals surface area contributed by atoms with Crippen molar-refractivity contribution < 1.29 is 4.42 Å². The van der Waals surface area contributed by atoms with Crippen molar-refractivity contribution >= 4 is 53.4 Å². The Morgan fingerprint density at radius 3 is 1.66 bits per heavy atom. The topological polar surface area (TPSA) is 51.8 Å². The van der Waals surface area contributed by atoms with Crippen LogP contribution in [0.5, 0.6) is 0 Å². The van der Waals surface area contributed by atoms with Gasteiger partial charge in [-0.2, -0.15) is 0 Å². The molecule has 0 spiro atoms. The smallest absolute Gasteiger partial charge is 0.165 e. The second-order valence-electron chi connectivity index (χ2n) is 12.4. The number of furan rings is 1. The summed E-state index contributed by atoms with van der Waals surface area (Å²) < 4.78 is 8.57. The summed E-state index contributed by atoms with van der Waals surface area (Å²) in [5.74, 6) is 1.91. The van der Waals surface area contributed by atoms with Gasteiger partial charge in [-0.25, -0.2) is 15.0 Å². The molecule has 0 aliphatic heterocycles. The van der Waals surface area contributed by atoms with Crippen molar-refractivity contribution in [3.8, 4) is 56.4 Å². The Hall–Kier alpha value is -6.43. The summed E-state index contributed by atoms with van der Waals surface area (Å²) in [5, 5.41) is 4.63. The van der Waals surface area contributed by atoms with Gasteiger partial charge >= 0.3 is 0 Å². The van der Waals surface area contributed by atoms with Crippen LogP contribution in [0.4, 0.5) is 0 Å². The number of thiophene rings is 1. The van der Waals surface area contributed by atoms with Gasteiger partial charge < -0.3 is 4.42 Å². The summed E-state index contributed by atoms with van der Waals surface area (Å²) >= 11 is 1.78. The van der Waals surface area contributed by atoms with Gasteiger partial charge in [0.25, 0.3) is 0 Å². The van der Waals surface area contributed by atoms with E-state index in [-0.39, 0.29) is 0 Å². The maximum absolute atomic E-state index is 6.16. The first-order chi connectivity index (χ1) is 24.8. The van der Waals surface area contributed by atoms with Crippen molar-refractivity contribution in [1.82, 2.24) is 15.0 Å². The minimum absolute atomic E-state index is 0.624. The molecule has 0 N–H and O–H groups in total. The van der Waals surface area contributed by atoms with E-state index in [1.165, 1.54) is 20.2 Å². The number of nitrogens with zero attached hydrogens (tertiary/aromatic N) is 3. The van der Waals surface area contributed by atoms with Crippen LogP contribution < -0.4 is 0 Å². The molecular weight excluding hydrogens is 631 g/mol. The fraction of sp³-hybridized carbons (Fsp3) is 0. The first kappa shape index (κ1) is 28.6. The van der Waals surface area contributed by atoms with E-state index in [1.54, 1.807) is 11.3 Å². The molecule has 7 aromatic carbocycles. The zero-order valence-electron chi connectivity index (χ0n) is 26.7. The molecule has 0 aliphatic carbocycles. The monoisotopic (exact) mass is 657 g/mol. The van der Waals surface area contributed by atoms with E-state index >= 15 is 0 Å². The number of aromatic nitrogens is 3. The molecule has 0 saturated carbocycles. The number of hydrogen-bond donors (Lipinski definition) is 0. The van der Waals surface area contributed by atoms with Gasteiger partial charge in [0.05, 0.1) is 0 Å². The highest BCUT2D eigenvalue weighted by Crippen LogP contribution is 2.41. The maximum atomic E-state index is 6.16. The molecule has 234 valence electrons. The van der Waals surface area contributed by atoms with E-state index in [0.29, 0.717) is 17.5 Å². The molecule has 0 fully saturated rings. The number of hydrogen-bond acceptors (Lipinski definition) is 5. The van der Waals surface area contributed by atoms with Gasteiger partial charge in [-0.3, -0.25) is 0 Å². The standard InChI is InChI=1S/C45H27N3OS/c1-2-13-28(14-3-1)30-15-4-6-19-35(30)43-46-44(48-45(47-43)37-22-12-21-34-33-18-9-11-24-41(33)50-42(34)37)36-20-7-5-16-31(36)29-25-26-40-38(27-29)32-17-8-10-23-39(32)49-40/h1-27H. The second-order valence-corrected chi connectivity index (χ2v) is 13.4. The van der Waals surface area contributed by atoms with E-state index in [4.69, 9.17) is 19.4 Å². The van der Waals surface area contributed by atoms with Gasteiger partial charge in [0.1, 0.15) is 11.2 Å². The number of fused-ring (bicyclic) bond motifs is 6. The predicted octanol–water partition coefficient (Wildman–Crippen LogP) is 12.5. The quantitative estimate of drug-likeness (QED) is 0.185. The molecule has 50 heavy (non-hydrogen) atoms. The summed E-state index contributed by atoms with van der Waals surface area (Å²) in [7, 11) is 0. The van der Waals surface area contributed by atoms with E-state index in [2.05, 4.69) is 146 Å². The van der Waals surface area contributed by atoms with Crippen molar-refractivity contribution in [1.29, 1.82) is 0 Å². The van der Waals surface area contributed by atoms with Crippen molar-refractivity contribution in [2.24, 2.45) is 0 Å². The van der Waals surface area contributed by atoms with Crippen LogP contribution in [0.1, 0.15) is 0 Å². The van der Waals surface area contributed by atoms with Gasteiger partial charge in [-0.05, 0) is 52.6 Å². The fourth-order valence-electron chi connectivity index (χ4n) is 7.03. The third kappa shape index (κ3) is 4.71. The Morgan fingerprint density at radius 1 is 0.360 bits per heavy atom. The number of benzene rings is 7. The first-order valence-electron chi connectivity index (χ1n) is 16.6. The molecule has 10 rings (SSSR count). The maximum Gasteiger partial charge on any atom is 0.165 e. The highest BCUT2D eigenvalue weighted by molar-refractivity contribution is 7.26. The zero-order chi connectivity index (χ0) is 33.0. The Morgan fingerprint density at radius 2 is 0.900 bits per heavy atom. The van der Waals surface area contributed by atoms with Crippen molar-refractivity contribution in [3.05, 3.63) is 164 Å². The molecule has 0 atom stereocenters. The van der Waals surface area contributed by atoms with Crippen LogP contribution in [0.2, 0.25) is 0 Å². The molecule has 0 bridgehead atoms. The molecule has 4 nitrogen and oxygen atoms in total. The summed E-state index contributed by atoms with van der Waals surface area (Å²) in [4.78, 5) is 15.8. The molecule has 5 heteroatoms. The van der Waals surface area contributed by atoms with Crippen molar-refractivity contribution in [2.75, 3.05) is 0 Å². The van der Waals surface area contributed by atoms with Gasteiger partial charge in [0.15, 0.2) is 17.5 Å². The highest BCUT2D eigenvalue weighted by atomic mass is 32.1. The molecule has 0 radical (unpaired) electrons. The third-order valence-electron chi connectivity index (χ3n) is 9.39. The van der Waals surface area contributed by atoms with Gasteiger partial charge in [-0.1, -0.05) is 133 Å². The Kier molecular flexibility index (Phi) is 6.64. The molecule has 0 aliphatic rings. The van der Waals surface area contributed by atoms with Crippen molar-refractivity contribution in [3.63, 3.8) is 0 Å². The lowest BCUT2D eigenvalue weighted by Crippen LogP contribution is -2.02. The lowest BCUT2D eigenvalue weighted by molar-refractivity contribution is 0.669. The lowest BCUT2D eigenvalue weighted by atomic mass is 9.97. The van der Waals surface area contributed by atoms with Crippen LogP contribution in [0.15, 0.2) is 168 Å². The SMILES string of the molecule is c1ccc(-c2ccccc2-c2nc(-c3ccccc3-c3ccc4oc5ccccc5c4c3)nc(-c3cccc4c3sc3ccccc34)n2)cc1. The number of para-hydroxylation sites is 1.